The van der Waals surface area contributed by atoms with Gasteiger partial charge in [0.05, 0.1) is 10.6 Å². The molecule has 0 spiro atoms. The normalized spacial score (nSPS) is 10.3. The standard InChI is InChI=1S/C15H13Cl2NO2/c1-18(9-10-3-2-4-11(16)7-10)12-5-6-13(15(19)20)14(17)8-12/h2-8H,9H2,1H3,(H,19,20). The van der Waals surface area contributed by atoms with Crippen LogP contribution in [0.25, 0.3) is 0 Å². The third kappa shape index (κ3) is 3.44. The van der Waals surface area contributed by atoms with Gasteiger partial charge in [0.1, 0.15) is 0 Å². The van der Waals surface area contributed by atoms with Gasteiger partial charge in [-0.15, -0.1) is 0 Å². The molecule has 5 heteroatoms. The predicted octanol–water partition coefficient (Wildman–Crippen LogP) is 4.33. The first-order valence-corrected chi connectivity index (χ1v) is 6.71. The smallest absolute Gasteiger partial charge is 0.337 e. The maximum absolute atomic E-state index is 10.9. The number of anilines is 1. The number of hydrogen-bond acceptors (Lipinski definition) is 2. The zero-order chi connectivity index (χ0) is 14.7. The lowest BCUT2D eigenvalue weighted by Crippen LogP contribution is -2.16. The van der Waals surface area contributed by atoms with E-state index >= 15 is 0 Å². The number of rotatable bonds is 4. The van der Waals surface area contributed by atoms with E-state index in [1.54, 1.807) is 12.1 Å². The minimum atomic E-state index is -1.03. The number of hydrogen-bond donors (Lipinski definition) is 1. The molecule has 0 aliphatic heterocycles. The quantitative estimate of drug-likeness (QED) is 0.914. The van der Waals surface area contributed by atoms with Gasteiger partial charge in [0.2, 0.25) is 0 Å². The minimum absolute atomic E-state index is 0.103. The molecule has 0 atom stereocenters. The number of aromatic carboxylic acids is 1. The van der Waals surface area contributed by atoms with E-state index in [0.29, 0.717) is 11.6 Å². The SMILES string of the molecule is CN(Cc1cccc(Cl)c1)c1ccc(C(=O)O)c(Cl)c1. The fourth-order valence-electron chi connectivity index (χ4n) is 1.92. The summed E-state index contributed by atoms with van der Waals surface area (Å²) < 4.78 is 0. The van der Waals surface area contributed by atoms with Crippen molar-refractivity contribution in [1.29, 1.82) is 0 Å². The molecule has 2 rings (SSSR count). The molecule has 20 heavy (non-hydrogen) atoms. The van der Waals surface area contributed by atoms with Gasteiger partial charge in [-0.3, -0.25) is 0 Å². The summed E-state index contributed by atoms with van der Waals surface area (Å²) >= 11 is 11.9. The lowest BCUT2D eigenvalue weighted by atomic mass is 10.1. The number of carboxylic acid groups (broad SMARTS) is 1. The molecule has 0 aliphatic rings. The monoisotopic (exact) mass is 309 g/mol. The van der Waals surface area contributed by atoms with Gasteiger partial charge in [0, 0.05) is 24.3 Å². The van der Waals surface area contributed by atoms with Crippen LogP contribution in [0.5, 0.6) is 0 Å². The van der Waals surface area contributed by atoms with E-state index < -0.39 is 5.97 Å². The zero-order valence-electron chi connectivity index (χ0n) is 10.8. The summed E-state index contributed by atoms with van der Waals surface area (Å²) in [5, 5.41) is 9.87. The Bertz CT molecular complexity index is 644. The summed E-state index contributed by atoms with van der Waals surface area (Å²) in [5.74, 6) is -1.03. The van der Waals surface area contributed by atoms with Crippen LogP contribution in [0.3, 0.4) is 0 Å². The van der Waals surface area contributed by atoms with Crippen LogP contribution in [-0.2, 0) is 6.54 Å². The summed E-state index contributed by atoms with van der Waals surface area (Å²) in [7, 11) is 1.91. The van der Waals surface area contributed by atoms with Crippen LogP contribution in [0.1, 0.15) is 15.9 Å². The van der Waals surface area contributed by atoms with Crippen molar-refractivity contribution in [2.24, 2.45) is 0 Å². The Morgan fingerprint density at radius 3 is 2.55 bits per heavy atom. The molecule has 104 valence electrons. The van der Waals surface area contributed by atoms with Crippen molar-refractivity contribution >= 4 is 34.9 Å². The number of benzene rings is 2. The molecule has 0 radical (unpaired) electrons. The van der Waals surface area contributed by atoms with E-state index in [9.17, 15) is 4.79 Å². The van der Waals surface area contributed by atoms with Gasteiger partial charge in [-0.05, 0) is 35.9 Å². The summed E-state index contributed by atoms with van der Waals surface area (Å²) in [6.07, 6.45) is 0. The van der Waals surface area contributed by atoms with Crippen molar-refractivity contribution in [3.63, 3.8) is 0 Å². The number of halogens is 2. The summed E-state index contributed by atoms with van der Waals surface area (Å²) in [6, 6.07) is 12.5. The summed E-state index contributed by atoms with van der Waals surface area (Å²) in [4.78, 5) is 12.9. The molecular formula is C15H13Cl2NO2. The first-order chi connectivity index (χ1) is 9.47. The van der Waals surface area contributed by atoms with E-state index in [4.69, 9.17) is 28.3 Å². The highest BCUT2D eigenvalue weighted by molar-refractivity contribution is 6.33. The molecule has 0 heterocycles. The van der Waals surface area contributed by atoms with Crippen molar-refractivity contribution in [2.75, 3.05) is 11.9 Å². The Hall–Kier alpha value is -1.71. The second kappa shape index (κ2) is 6.16. The van der Waals surface area contributed by atoms with Gasteiger partial charge in [-0.1, -0.05) is 35.3 Å². The van der Waals surface area contributed by atoms with Gasteiger partial charge in [0.25, 0.3) is 0 Å². The molecule has 3 nitrogen and oxygen atoms in total. The first-order valence-electron chi connectivity index (χ1n) is 5.96. The Morgan fingerprint density at radius 1 is 1.20 bits per heavy atom. The molecule has 1 N–H and O–H groups in total. The molecular weight excluding hydrogens is 297 g/mol. The Balaban J connectivity index is 2.19. The van der Waals surface area contributed by atoms with Crippen LogP contribution in [0.2, 0.25) is 10.0 Å². The molecule has 0 amide bonds. The summed E-state index contributed by atoms with van der Waals surface area (Å²) in [6.45, 7) is 0.656. The largest absolute Gasteiger partial charge is 0.478 e. The van der Waals surface area contributed by atoms with Crippen LogP contribution >= 0.6 is 23.2 Å². The minimum Gasteiger partial charge on any atom is -0.478 e. The number of nitrogens with zero attached hydrogens (tertiary/aromatic N) is 1. The third-order valence-electron chi connectivity index (χ3n) is 2.93. The molecule has 0 aromatic heterocycles. The topological polar surface area (TPSA) is 40.5 Å². The van der Waals surface area contributed by atoms with Gasteiger partial charge in [-0.2, -0.15) is 0 Å². The first kappa shape index (κ1) is 14.7. The third-order valence-corrected chi connectivity index (χ3v) is 3.48. The maximum atomic E-state index is 10.9. The molecule has 2 aromatic carbocycles. The van der Waals surface area contributed by atoms with Crippen molar-refractivity contribution in [3.05, 3.63) is 63.6 Å². The number of carboxylic acids is 1. The molecule has 0 bridgehead atoms. The average molecular weight is 310 g/mol. The highest BCUT2D eigenvalue weighted by Gasteiger charge is 2.11. The fraction of sp³-hybridized carbons (Fsp3) is 0.133. The van der Waals surface area contributed by atoms with E-state index in [0.717, 1.165) is 11.3 Å². The second-order valence-corrected chi connectivity index (χ2v) is 5.30. The van der Waals surface area contributed by atoms with Crippen LogP contribution < -0.4 is 4.90 Å². The molecule has 0 saturated carbocycles. The number of carbonyl (C=O) groups is 1. The maximum Gasteiger partial charge on any atom is 0.337 e. The van der Waals surface area contributed by atoms with E-state index in [2.05, 4.69) is 0 Å². The van der Waals surface area contributed by atoms with Gasteiger partial charge >= 0.3 is 5.97 Å². The highest BCUT2D eigenvalue weighted by atomic mass is 35.5. The zero-order valence-corrected chi connectivity index (χ0v) is 12.3. The van der Waals surface area contributed by atoms with Crippen molar-refractivity contribution in [2.45, 2.75) is 6.54 Å². The molecule has 0 aliphatic carbocycles. The van der Waals surface area contributed by atoms with Gasteiger partial charge in [-0.25, -0.2) is 4.79 Å². The van der Waals surface area contributed by atoms with Crippen LogP contribution in [0.15, 0.2) is 42.5 Å². The fourth-order valence-corrected chi connectivity index (χ4v) is 2.38. The van der Waals surface area contributed by atoms with E-state index in [1.165, 1.54) is 6.07 Å². The predicted molar refractivity (Wildman–Crippen MR) is 82.0 cm³/mol. The van der Waals surface area contributed by atoms with Gasteiger partial charge in [0.15, 0.2) is 0 Å². The molecule has 0 saturated heterocycles. The Labute approximate surface area is 127 Å². The van der Waals surface area contributed by atoms with Crippen molar-refractivity contribution in [1.82, 2.24) is 0 Å². The van der Waals surface area contributed by atoms with Crippen LogP contribution in [-0.4, -0.2) is 18.1 Å². The van der Waals surface area contributed by atoms with E-state index in [1.807, 2.05) is 36.2 Å². The van der Waals surface area contributed by atoms with Gasteiger partial charge < -0.3 is 10.0 Å². The average Bonchev–Trinajstić information content (AvgIpc) is 2.38. The van der Waals surface area contributed by atoms with Crippen molar-refractivity contribution < 1.29 is 9.90 Å². The van der Waals surface area contributed by atoms with Crippen molar-refractivity contribution in [3.8, 4) is 0 Å². The lowest BCUT2D eigenvalue weighted by Gasteiger charge is -2.20. The lowest BCUT2D eigenvalue weighted by molar-refractivity contribution is 0.0697. The molecule has 2 aromatic rings. The van der Waals surface area contributed by atoms with Crippen LogP contribution in [0.4, 0.5) is 5.69 Å². The highest BCUT2D eigenvalue weighted by Crippen LogP contribution is 2.24. The van der Waals surface area contributed by atoms with E-state index in [-0.39, 0.29) is 10.6 Å². The molecule has 0 fully saturated rings. The Kier molecular flexibility index (Phi) is 4.53. The molecule has 0 unspecified atom stereocenters. The Morgan fingerprint density at radius 2 is 1.95 bits per heavy atom. The summed E-state index contributed by atoms with van der Waals surface area (Å²) in [5.41, 5.74) is 2.02. The second-order valence-electron chi connectivity index (χ2n) is 4.46. The van der Waals surface area contributed by atoms with Crippen LogP contribution in [0, 0.1) is 0 Å².